The predicted octanol–water partition coefficient (Wildman–Crippen LogP) is 3.68. The molecule has 0 aliphatic heterocycles. The first-order chi connectivity index (χ1) is 13.8. The minimum absolute atomic E-state index is 0.0169. The van der Waals surface area contributed by atoms with Gasteiger partial charge in [-0.15, -0.1) is 0 Å². The number of hydrogen-bond acceptors (Lipinski definition) is 5. The molecule has 0 aromatic carbocycles. The van der Waals surface area contributed by atoms with E-state index in [1.807, 2.05) is 6.07 Å². The lowest BCUT2D eigenvalue weighted by atomic mass is 9.44. The monoisotopic (exact) mass is 401 g/mol. The molecule has 0 bridgehead atoms. The summed E-state index contributed by atoms with van der Waals surface area (Å²) in [5.74, 6) is 1.75. The molecule has 160 valence electrons. The maximum absolute atomic E-state index is 13.5. The summed E-state index contributed by atoms with van der Waals surface area (Å²) < 4.78 is 5.42. The van der Waals surface area contributed by atoms with Crippen molar-refractivity contribution >= 4 is 11.6 Å². The molecule has 0 heterocycles. The smallest absolute Gasteiger partial charge is 0.162 e. The van der Waals surface area contributed by atoms with Gasteiger partial charge in [-0.1, -0.05) is 13.8 Å². The molecule has 0 aromatic rings. The van der Waals surface area contributed by atoms with Gasteiger partial charge in [0.05, 0.1) is 25.2 Å². The van der Waals surface area contributed by atoms with Crippen LogP contribution < -0.4 is 0 Å². The van der Waals surface area contributed by atoms with Gasteiger partial charge >= 0.3 is 0 Å². The van der Waals surface area contributed by atoms with Crippen LogP contribution >= 0.6 is 0 Å². The highest BCUT2D eigenvalue weighted by molar-refractivity contribution is 5.88. The fourth-order valence-electron chi connectivity index (χ4n) is 7.97. The van der Waals surface area contributed by atoms with Crippen LogP contribution in [0.15, 0.2) is 0 Å². The van der Waals surface area contributed by atoms with E-state index in [1.54, 1.807) is 0 Å². The second-order valence-electron chi connectivity index (χ2n) is 10.7. The Morgan fingerprint density at radius 1 is 1.21 bits per heavy atom. The molecule has 4 rings (SSSR count). The second kappa shape index (κ2) is 7.78. The number of nitriles is 1. The first-order valence-electron chi connectivity index (χ1n) is 11.5. The van der Waals surface area contributed by atoms with Gasteiger partial charge in [0.2, 0.25) is 0 Å². The molecule has 5 nitrogen and oxygen atoms in total. The minimum Gasteiger partial charge on any atom is -0.393 e. The lowest BCUT2D eigenvalue weighted by molar-refractivity contribution is -0.162. The van der Waals surface area contributed by atoms with Crippen LogP contribution in [0.5, 0.6) is 0 Å². The fraction of sp³-hybridized carbons (Fsp3) is 0.875. The predicted molar refractivity (Wildman–Crippen MR) is 108 cm³/mol. The molecule has 0 radical (unpaired) electrons. The first-order valence-corrected chi connectivity index (χ1v) is 11.5. The number of nitrogens with zero attached hydrogens (tertiary/aromatic N) is 1. The normalized spacial score (nSPS) is 46.3. The van der Waals surface area contributed by atoms with Gasteiger partial charge in [0.25, 0.3) is 0 Å². The fourth-order valence-corrected chi connectivity index (χ4v) is 7.97. The molecule has 0 saturated heterocycles. The number of Topliss-reactive ketones (excluding diaryl/α,β-unsaturated/α-hetero) is 2. The maximum Gasteiger partial charge on any atom is 0.162 e. The molecule has 4 aliphatic rings. The van der Waals surface area contributed by atoms with E-state index in [0.717, 1.165) is 44.9 Å². The number of fused-ring (bicyclic) bond motifs is 5. The SMILES string of the molecule is C[C@]12CC[C@@H](O)C[C@@H]1CC[C@H]1[C@@H]3CC[C@H](C(=O)COCCC#N)[C@@]3(C)CC(=O)[C@@H]12. The van der Waals surface area contributed by atoms with Crippen molar-refractivity contribution < 1.29 is 19.4 Å². The molecule has 4 fully saturated rings. The van der Waals surface area contributed by atoms with Crippen molar-refractivity contribution in [2.24, 2.45) is 40.4 Å². The third-order valence-corrected chi connectivity index (χ3v) is 9.31. The van der Waals surface area contributed by atoms with Crippen LogP contribution in [0.2, 0.25) is 0 Å². The van der Waals surface area contributed by atoms with E-state index in [4.69, 9.17) is 10.00 Å². The summed E-state index contributed by atoms with van der Waals surface area (Å²) in [5.41, 5.74) is -0.228. The third-order valence-electron chi connectivity index (χ3n) is 9.31. The first kappa shape index (κ1) is 21.0. The van der Waals surface area contributed by atoms with Crippen LogP contribution in [-0.4, -0.2) is 36.0 Å². The molecule has 0 aromatic heterocycles. The van der Waals surface area contributed by atoms with E-state index in [2.05, 4.69) is 13.8 Å². The molecule has 0 unspecified atom stereocenters. The van der Waals surface area contributed by atoms with Crippen molar-refractivity contribution in [2.45, 2.75) is 77.7 Å². The van der Waals surface area contributed by atoms with Crippen molar-refractivity contribution in [2.75, 3.05) is 13.2 Å². The number of hydrogen-bond donors (Lipinski definition) is 1. The van der Waals surface area contributed by atoms with Crippen molar-refractivity contribution in [3.8, 4) is 6.07 Å². The highest BCUT2D eigenvalue weighted by Crippen LogP contribution is 2.66. The summed E-state index contributed by atoms with van der Waals surface area (Å²) in [4.78, 5) is 26.5. The lowest BCUT2D eigenvalue weighted by Crippen LogP contribution is -2.58. The second-order valence-corrected chi connectivity index (χ2v) is 10.7. The van der Waals surface area contributed by atoms with E-state index in [0.29, 0.717) is 43.0 Å². The van der Waals surface area contributed by atoms with Gasteiger partial charge in [-0.05, 0) is 73.5 Å². The van der Waals surface area contributed by atoms with Gasteiger partial charge in [0.1, 0.15) is 12.4 Å². The van der Waals surface area contributed by atoms with Crippen LogP contribution in [0.3, 0.4) is 0 Å². The van der Waals surface area contributed by atoms with E-state index in [-0.39, 0.29) is 41.2 Å². The molecule has 0 spiro atoms. The number of carbonyl (C=O) groups is 2. The van der Waals surface area contributed by atoms with Gasteiger partial charge < -0.3 is 9.84 Å². The summed E-state index contributed by atoms with van der Waals surface area (Å²) in [6, 6.07) is 2.03. The summed E-state index contributed by atoms with van der Waals surface area (Å²) in [6.07, 6.45) is 7.26. The average Bonchev–Trinajstić information content (AvgIpc) is 3.02. The Balaban J connectivity index is 1.52. The van der Waals surface area contributed by atoms with E-state index >= 15 is 0 Å². The van der Waals surface area contributed by atoms with Gasteiger partial charge in [0, 0.05) is 18.3 Å². The Labute approximate surface area is 174 Å². The Morgan fingerprint density at radius 2 is 2.00 bits per heavy atom. The standard InChI is InChI=1S/C24H35NO4/c1-23-9-8-16(26)12-15(23)4-5-17-18-6-7-19(21(28)14-29-11-3-10-25)24(18,2)13-20(27)22(17)23/h15-19,22,26H,3-9,11-14H2,1-2H3/t15-,16+,17-,18-,19+,22+,23-,24-/m0/s1. The van der Waals surface area contributed by atoms with Crippen molar-refractivity contribution in [1.29, 1.82) is 5.26 Å². The zero-order valence-corrected chi connectivity index (χ0v) is 17.9. The molecular weight excluding hydrogens is 366 g/mol. The van der Waals surface area contributed by atoms with Crippen LogP contribution in [0.4, 0.5) is 0 Å². The number of ether oxygens (including phenoxy) is 1. The molecular formula is C24H35NO4. The summed E-state index contributed by atoms with van der Waals surface area (Å²) in [7, 11) is 0. The molecule has 8 atom stereocenters. The lowest BCUT2D eigenvalue weighted by Gasteiger charge is -2.59. The Bertz CT molecular complexity index is 714. The van der Waals surface area contributed by atoms with Crippen LogP contribution in [-0.2, 0) is 14.3 Å². The van der Waals surface area contributed by atoms with Crippen LogP contribution in [0.1, 0.15) is 71.6 Å². The zero-order valence-electron chi connectivity index (χ0n) is 17.9. The average molecular weight is 402 g/mol. The number of aliphatic hydroxyl groups is 1. The topological polar surface area (TPSA) is 87.4 Å². The largest absolute Gasteiger partial charge is 0.393 e. The Hall–Kier alpha value is -1.25. The van der Waals surface area contributed by atoms with Gasteiger partial charge in [-0.3, -0.25) is 9.59 Å². The minimum atomic E-state index is -0.245. The van der Waals surface area contributed by atoms with E-state index < -0.39 is 0 Å². The Morgan fingerprint density at radius 3 is 2.76 bits per heavy atom. The summed E-state index contributed by atoms with van der Waals surface area (Å²) in [5, 5.41) is 18.8. The van der Waals surface area contributed by atoms with Gasteiger partial charge in [-0.2, -0.15) is 5.26 Å². The summed E-state index contributed by atoms with van der Waals surface area (Å²) >= 11 is 0. The zero-order chi connectivity index (χ0) is 20.8. The molecule has 1 N–H and O–H groups in total. The highest BCUT2D eigenvalue weighted by atomic mass is 16.5. The van der Waals surface area contributed by atoms with Gasteiger partial charge in [-0.25, -0.2) is 0 Å². The molecule has 0 amide bonds. The van der Waals surface area contributed by atoms with Crippen LogP contribution in [0.25, 0.3) is 0 Å². The highest BCUT2D eigenvalue weighted by Gasteiger charge is 2.63. The maximum atomic E-state index is 13.5. The van der Waals surface area contributed by atoms with Crippen LogP contribution in [0, 0.1) is 51.8 Å². The molecule has 4 saturated carbocycles. The van der Waals surface area contributed by atoms with E-state index in [1.165, 1.54) is 0 Å². The van der Waals surface area contributed by atoms with Crippen molar-refractivity contribution in [1.82, 2.24) is 0 Å². The summed E-state index contributed by atoms with van der Waals surface area (Å²) in [6.45, 7) is 4.84. The number of ketones is 2. The molecule has 5 heteroatoms. The van der Waals surface area contributed by atoms with Crippen molar-refractivity contribution in [3.63, 3.8) is 0 Å². The number of aliphatic hydroxyl groups excluding tert-OH is 1. The van der Waals surface area contributed by atoms with E-state index in [9.17, 15) is 14.7 Å². The molecule has 29 heavy (non-hydrogen) atoms. The number of rotatable bonds is 5. The Kier molecular flexibility index (Phi) is 5.63. The van der Waals surface area contributed by atoms with Gasteiger partial charge in [0.15, 0.2) is 5.78 Å². The quantitative estimate of drug-likeness (QED) is 0.710. The number of carbonyl (C=O) groups excluding carboxylic acids is 2. The third kappa shape index (κ3) is 3.37. The molecule has 4 aliphatic carbocycles. The van der Waals surface area contributed by atoms with Crippen molar-refractivity contribution in [3.05, 3.63) is 0 Å².